The lowest BCUT2D eigenvalue weighted by atomic mass is 10.1. The highest BCUT2D eigenvalue weighted by atomic mass is 16.5. The summed E-state index contributed by atoms with van der Waals surface area (Å²) in [6.07, 6.45) is 2.77. The molecule has 24 heavy (non-hydrogen) atoms. The zero-order chi connectivity index (χ0) is 16.9. The van der Waals surface area contributed by atoms with Crippen molar-refractivity contribution < 1.29 is 9.84 Å². The van der Waals surface area contributed by atoms with Crippen LogP contribution in [0.15, 0.2) is 60.9 Å². The van der Waals surface area contributed by atoms with E-state index in [0.29, 0.717) is 17.9 Å². The molecular formula is C20H20N2O2. The second-order valence-electron chi connectivity index (χ2n) is 5.96. The van der Waals surface area contributed by atoms with Crippen molar-refractivity contribution in [3.63, 3.8) is 0 Å². The van der Waals surface area contributed by atoms with Gasteiger partial charge >= 0.3 is 0 Å². The Hall–Kier alpha value is -2.93. The Bertz CT molecular complexity index is 762. The summed E-state index contributed by atoms with van der Waals surface area (Å²) in [5, 5.41) is 9.50. The lowest BCUT2D eigenvalue weighted by molar-refractivity contribution is 0.376. The van der Waals surface area contributed by atoms with Crippen LogP contribution >= 0.6 is 0 Å². The molecule has 0 aromatic heterocycles. The summed E-state index contributed by atoms with van der Waals surface area (Å²) < 4.78 is 5.90. The fourth-order valence-electron chi connectivity index (χ4n) is 3.11. The van der Waals surface area contributed by atoms with Crippen LogP contribution in [0.5, 0.6) is 11.5 Å². The average molecular weight is 320 g/mol. The van der Waals surface area contributed by atoms with Gasteiger partial charge in [0.25, 0.3) is 0 Å². The number of hydrogen-bond donors (Lipinski definition) is 1. The molecule has 1 atom stereocenters. The molecule has 3 rings (SSSR count). The third-order valence-electron chi connectivity index (χ3n) is 4.20. The van der Waals surface area contributed by atoms with E-state index in [1.165, 1.54) is 0 Å². The van der Waals surface area contributed by atoms with E-state index in [1.54, 1.807) is 24.3 Å². The van der Waals surface area contributed by atoms with Crippen LogP contribution in [0.1, 0.15) is 19.3 Å². The fourth-order valence-corrected chi connectivity index (χ4v) is 3.11. The van der Waals surface area contributed by atoms with E-state index in [9.17, 15) is 5.11 Å². The number of benzene rings is 2. The zero-order valence-corrected chi connectivity index (χ0v) is 13.5. The van der Waals surface area contributed by atoms with Gasteiger partial charge in [0.1, 0.15) is 11.5 Å². The molecule has 0 saturated carbocycles. The van der Waals surface area contributed by atoms with E-state index in [0.717, 1.165) is 30.8 Å². The highest BCUT2D eigenvalue weighted by Crippen LogP contribution is 2.32. The number of hydrogen-bond acceptors (Lipinski definition) is 3. The van der Waals surface area contributed by atoms with Crippen LogP contribution in [0.4, 0.5) is 11.4 Å². The number of aliphatic hydroxyl groups excluding tert-OH is 1. The third kappa shape index (κ3) is 3.69. The Morgan fingerprint density at radius 3 is 2.75 bits per heavy atom. The Morgan fingerprint density at radius 1 is 1.25 bits per heavy atom. The molecule has 1 aliphatic heterocycles. The first-order valence-electron chi connectivity index (χ1n) is 8.04. The molecule has 1 N–H and O–H groups in total. The number of rotatable bonds is 5. The van der Waals surface area contributed by atoms with Crippen molar-refractivity contribution in [2.24, 2.45) is 0 Å². The van der Waals surface area contributed by atoms with Crippen LogP contribution in [-0.4, -0.2) is 17.7 Å². The van der Waals surface area contributed by atoms with Crippen LogP contribution in [0.2, 0.25) is 0 Å². The van der Waals surface area contributed by atoms with Gasteiger partial charge in [0.15, 0.2) is 5.69 Å². The maximum atomic E-state index is 9.50. The SMILES string of the molecule is [C-]#[N+]c1ccc(Oc2cccc(N3CCCC3CC(=C)O)c2)cc1. The van der Waals surface area contributed by atoms with Gasteiger partial charge in [-0.05, 0) is 37.1 Å². The first-order valence-corrected chi connectivity index (χ1v) is 8.04. The number of nitrogens with zero attached hydrogens (tertiary/aromatic N) is 2. The topological polar surface area (TPSA) is 37.1 Å². The van der Waals surface area contributed by atoms with Crippen molar-refractivity contribution in [1.82, 2.24) is 0 Å². The average Bonchev–Trinajstić information content (AvgIpc) is 3.03. The molecule has 1 heterocycles. The first kappa shape index (κ1) is 15.9. The molecule has 4 nitrogen and oxygen atoms in total. The molecule has 1 saturated heterocycles. The van der Waals surface area contributed by atoms with Crippen molar-refractivity contribution in [3.05, 3.63) is 72.3 Å². The predicted octanol–water partition coefficient (Wildman–Crippen LogP) is 5.46. The number of ether oxygens (including phenoxy) is 1. The van der Waals surface area contributed by atoms with Crippen molar-refractivity contribution in [1.29, 1.82) is 0 Å². The molecule has 0 spiro atoms. The maximum Gasteiger partial charge on any atom is 0.187 e. The van der Waals surface area contributed by atoms with Crippen LogP contribution in [0.3, 0.4) is 0 Å². The van der Waals surface area contributed by atoms with Gasteiger partial charge in [-0.15, -0.1) is 0 Å². The van der Waals surface area contributed by atoms with Gasteiger partial charge in [0.2, 0.25) is 0 Å². The van der Waals surface area contributed by atoms with Gasteiger partial charge in [-0.2, -0.15) is 0 Å². The predicted molar refractivity (Wildman–Crippen MR) is 96.0 cm³/mol. The Labute approximate surface area is 142 Å². The van der Waals surface area contributed by atoms with Gasteiger partial charge in [-0.3, -0.25) is 0 Å². The van der Waals surface area contributed by atoms with E-state index in [1.807, 2.05) is 18.2 Å². The van der Waals surface area contributed by atoms with Crippen molar-refractivity contribution in [3.8, 4) is 11.5 Å². The zero-order valence-electron chi connectivity index (χ0n) is 13.5. The quantitative estimate of drug-likeness (QED) is 0.587. The van der Waals surface area contributed by atoms with E-state index >= 15 is 0 Å². The maximum absolute atomic E-state index is 9.50. The van der Waals surface area contributed by atoms with Gasteiger partial charge in [0, 0.05) is 30.8 Å². The number of anilines is 1. The molecule has 0 bridgehead atoms. The lowest BCUT2D eigenvalue weighted by Crippen LogP contribution is -2.29. The van der Waals surface area contributed by atoms with Crippen LogP contribution in [0, 0.1) is 6.57 Å². The second-order valence-corrected chi connectivity index (χ2v) is 5.96. The van der Waals surface area contributed by atoms with Gasteiger partial charge < -0.3 is 14.7 Å². The second kappa shape index (κ2) is 7.10. The number of aliphatic hydroxyl groups is 1. The normalized spacial score (nSPS) is 16.6. The third-order valence-corrected chi connectivity index (χ3v) is 4.20. The highest BCUT2D eigenvalue weighted by Gasteiger charge is 2.25. The summed E-state index contributed by atoms with van der Waals surface area (Å²) in [6.45, 7) is 11.6. The lowest BCUT2D eigenvalue weighted by Gasteiger charge is -2.27. The van der Waals surface area contributed by atoms with E-state index in [-0.39, 0.29) is 11.8 Å². The van der Waals surface area contributed by atoms with Crippen LogP contribution in [0.25, 0.3) is 4.85 Å². The first-order chi connectivity index (χ1) is 11.7. The van der Waals surface area contributed by atoms with Gasteiger partial charge in [-0.1, -0.05) is 24.8 Å². The molecular weight excluding hydrogens is 300 g/mol. The molecule has 0 radical (unpaired) electrons. The minimum atomic E-state index is 0.235. The van der Waals surface area contributed by atoms with E-state index in [4.69, 9.17) is 11.3 Å². The minimum absolute atomic E-state index is 0.235. The monoisotopic (exact) mass is 320 g/mol. The van der Waals surface area contributed by atoms with Crippen molar-refractivity contribution in [2.75, 3.05) is 11.4 Å². The molecule has 2 aromatic carbocycles. The molecule has 0 amide bonds. The summed E-state index contributed by atoms with van der Waals surface area (Å²) in [5.74, 6) is 1.71. The van der Waals surface area contributed by atoms with Crippen LogP contribution < -0.4 is 9.64 Å². The van der Waals surface area contributed by atoms with Crippen molar-refractivity contribution >= 4 is 11.4 Å². The Kier molecular flexibility index (Phi) is 4.72. The van der Waals surface area contributed by atoms with Crippen LogP contribution in [-0.2, 0) is 0 Å². The van der Waals surface area contributed by atoms with E-state index in [2.05, 4.69) is 22.4 Å². The molecule has 1 fully saturated rings. The Morgan fingerprint density at radius 2 is 2.04 bits per heavy atom. The largest absolute Gasteiger partial charge is 0.513 e. The molecule has 1 unspecified atom stereocenters. The highest BCUT2D eigenvalue weighted by molar-refractivity contribution is 5.54. The summed E-state index contributed by atoms with van der Waals surface area (Å²) >= 11 is 0. The minimum Gasteiger partial charge on any atom is -0.513 e. The molecule has 1 aliphatic rings. The molecule has 122 valence electrons. The Balaban J connectivity index is 1.76. The van der Waals surface area contributed by atoms with Crippen molar-refractivity contribution in [2.45, 2.75) is 25.3 Å². The summed E-state index contributed by atoms with van der Waals surface area (Å²) in [4.78, 5) is 5.68. The van der Waals surface area contributed by atoms with Gasteiger partial charge in [0.05, 0.1) is 12.3 Å². The fraction of sp³-hybridized carbons (Fsp3) is 0.250. The molecule has 0 aliphatic carbocycles. The van der Waals surface area contributed by atoms with E-state index < -0.39 is 0 Å². The van der Waals surface area contributed by atoms with Gasteiger partial charge in [-0.25, -0.2) is 4.85 Å². The smallest absolute Gasteiger partial charge is 0.187 e. The summed E-state index contributed by atoms with van der Waals surface area (Å²) in [7, 11) is 0. The molecule has 2 aromatic rings. The summed E-state index contributed by atoms with van der Waals surface area (Å²) in [5.41, 5.74) is 1.69. The summed E-state index contributed by atoms with van der Waals surface area (Å²) in [6, 6.07) is 15.3. The molecule has 4 heteroatoms. The standard InChI is InChI=1S/C20H20N2O2/c1-15(23)13-17-6-4-12-22(17)18-5-3-7-20(14-18)24-19-10-8-16(21-2)9-11-19/h3,5,7-11,14,17,23H,1,4,6,12-13H2.